The zero-order chi connectivity index (χ0) is 10.0. The molecule has 2 aliphatic rings. The summed E-state index contributed by atoms with van der Waals surface area (Å²) in [4.78, 5) is 11.4. The Bertz CT molecular complexity index is 220. The fourth-order valence-electron chi connectivity index (χ4n) is 3.01. The molecule has 0 radical (unpaired) electrons. The van der Waals surface area contributed by atoms with E-state index >= 15 is 0 Å². The van der Waals surface area contributed by atoms with Crippen molar-refractivity contribution in [1.82, 2.24) is 0 Å². The van der Waals surface area contributed by atoms with Crippen LogP contribution in [-0.4, -0.2) is 10.7 Å². The minimum Gasteiger partial charge on any atom is -0.298 e. The molecule has 0 aromatic rings. The van der Waals surface area contributed by atoms with Crippen LogP contribution >= 0.6 is 11.6 Å². The van der Waals surface area contributed by atoms with E-state index in [1.165, 1.54) is 32.1 Å². The monoisotopic (exact) mass is 214 g/mol. The number of rotatable bonds is 1. The molecule has 2 heteroatoms. The first-order valence-corrected chi connectivity index (χ1v) is 6.33. The van der Waals surface area contributed by atoms with Crippen molar-refractivity contribution < 1.29 is 4.79 Å². The topological polar surface area (TPSA) is 17.1 Å². The van der Waals surface area contributed by atoms with Gasteiger partial charge in [0.1, 0.15) is 4.87 Å². The van der Waals surface area contributed by atoms with Crippen LogP contribution in [0.1, 0.15) is 57.8 Å². The normalized spacial score (nSPS) is 35.9. The number of carbonyl (C=O) groups excluding carboxylic acids is 1. The minimum absolute atomic E-state index is 0.331. The van der Waals surface area contributed by atoms with Crippen LogP contribution in [0.25, 0.3) is 0 Å². The Labute approximate surface area is 91.2 Å². The molecule has 0 heterocycles. The smallest absolute Gasteiger partial charge is 0.154 e. The second-order valence-electron chi connectivity index (χ2n) is 4.83. The average molecular weight is 215 g/mol. The molecule has 0 amide bonds. The second kappa shape index (κ2) is 4.22. The van der Waals surface area contributed by atoms with Crippen molar-refractivity contribution in [3.8, 4) is 0 Å². The summed E-state index contributed by atoms with van der Waals surface area (Å²) in [6.07, 6.45) is 10.1. The van der Waals surface area contributed by atoms with Gasteiger partial charge in [-0.3, -0.25) is 4.79 Å². The molecule has 0 N–H and O–H groups in total. The number of Topliss-reactive ketones (excluding diaryl/α,β-unsaturated/α-hetero) is 1. The van der Waals surface area contributed by atoms with Crippen molar-refractivity contribution in [3.05, 3.63) is 0 Å². The third kappa shape index (κ3) is 1.84. The predicted molar refractivity (Wildman–Crippen MR) is 58.6 cm³/mol. The summed E-state index contributed by atoms with van der Waals surface area (Å²) in [5, 5.41) is 0. The Morgan fingerprint density at radius 3 is 2.43 bits per heavy atom. The second-order valence-corrected chi connectivity index (χ2v) is 5.50. The van der Waals surface area contributed by atoms with Crippen molar-refractivity contribution in [2.75, 3.05) is 0 Å². The van der Waals surface area contributed by atoms with Gasteiger partial charge in [-0.1, -0.05) is 25.7 Å². The van der Waals surface area contributed by atoms with Crippen molar-refractivity contribution in [1.29, 1.82) is 0 Å². The molecule has 0 unspecified atom stereocenters. The minimum atomic E-state index is -0.460. The summed E-state index contributed by atoms with van der Waals surface area (Å²) < 4.78 is 0. The summed E-state index contributed by atoms with van der Waals surface area (Å²) in [7, 11) is 0. The van der Waals surface area contributed by atoms with Gasteiger partial charge >= 0.3 is 0 Å². The number of alkyl halides is 1. The van der Waals surface area contributed by atoms with Crippen molar-refractivity contribution in [2.45, 2.75) is 62.7 Å². The highest BCUT2D eigenvalue weighted by molar-refractivity contribution is 6.35. The van der Waals surface area contributed by atoms with Crippen molar-refractivity contribution >= 4 is 17.4 Å². The molecule has 2 saturated carbocycles. The van der Waals surface area contributed by atoms with E-state index in [1.807, 2.05) is 0 Å². The lowest BCUT2D eigenvalue weighted by molar-refractivity contribution is -0.125. The van der Waals surface area contributed by atoms with Crippen LogP contribution in [0.5, 0.6) is 0 Å². The summed E-state index contributed by atoms with van der Waals surface area (Å²) >= 11 is 6.55. The third-order valence-corrected chi connectivity index (χ3v) is 4.62. The molecule has 0 spiro atoms. The maximum atomic E-state index is 11.9. The van der Waals surface area contributed by atoms with E-state index in [2.05, 4.69) is 0 Å². The quantitative estimate of drug-likeness (QED) is 0.609. The highest BCUT2D eigenvalue weighted by atomic mass is 35.5. The number of hydrogen-bond acceptors (Lipinski definition) is 1. The Balaban J connectivity index is 2.07. The van der Waals surface area contributed by atoms with Crippen molar-refractivity contribution in [3.63, 3.8) is 0 Å². The molecular formula is C12H19ClO. The lowest BCUT2D eigenvalue weighted by atomic mass is 9.72. The Hall–Kier alpha value is -0.0400. The molecule has 1 nitrogen and oxygen atoms in total. The standard InChI is InChI=1S/C12H19ClO/c13-12(9-5-4-8-11(12)14)10-6-2-1-3-7-10/h10H,1-9H2/t12-/m0/s1. The summed E-state index contributed by atoms with van der Waals surface area (Å²) in [5.41, 5.74) is 0. The van der Waals surface area contributed by atoms with E-state index in [0.717, 1.165) is 25.7 Å². The van der Waals surface area contributed by atoms with Crippen LogP contribution in [0.3, 0.4) is 0 Å². The maximum absolute atomic E-state index is 11.9. The Kier molecular flexibility index (Phi) is 3.16. The molecule has 2 aliphatic carbocycles. The largest absolute Gasteiger partial charge is 0.298 e. The first-order chi connectivity index (χ1) is 6.73. The van der Waals surface area contributed by atoms with Gasteiger partial charge in [0.05, 0.1) is 0 Å². The molecule has 14 heavy (non-hydrogen) atoms. The fourth-order valence-corrected chi connectivity index (χ4v) is 3.45. The highest BCUT2D eigenvalue weighted by Crippen LogP contribution is 2.44. The molecule has 80 valence electrons. The van der Waals surface area contributed by atoms with E-state index in [4.69, 9.17) is 11.6 Å². The Morgan fingerprint density at radius 1 is 1.07 bits per heavy atom. The molecule has 1 atom stereocenters. The average Bonchev–Trinajstić information content (AvgIpc) is 2.24. The van der Waals surface area contributed by atoms with Crippen LogP contribution in [0.2, 0.25) is 0 Å². The van der Waals surface area contributed by atoms with Gasteiger partial charge in [-0.25, -0.2) is 0 Å². The lowest BCUT2D eigenvalue weighted by Gasteiger charge is -2.39. The number of halogens is 1. The van der Waals surface area contributed by atoms with E-state index in [-0.39, 0.29) is 0 Å². The van der Waals surface area contributed by atoms with Gasteiger partial charge in [0, 0.05) is 6.42 Å². The van der Waals surface area contributed by atoms with Crippen LogP contribution in [0.15, 0.2) is 0 Å². The van der Waals surface area contributed by atoms with Gasteiger partial charge in [0.25, 0.3) is 0 Å². The molecule has 2 fully saturated rings. The fraction of sp³-hybridized carbons (Fsp3) is 0.917. The lowest BCUT2D eigenvalue weighted by Crippen LogP contribution is -2.43. The van der Waals surface area contributed by atoms with Gasteiger partial charge in [-0.05, 0) is 31.6 Å². The first-order valence-electron chi connectivity index (χ1n) is 5.96. The van der Waals surface area contributed by atoms with Crippen LogP contribution in [0, 0.1) is 5.92 Å². The molecular weight excluding hydrogens is 196 g/mol. The number of hydrogen-bond donors (Lipinski definition) is 0. The van der Waals surface area contributed by atoms with Crippen LogP contribution < -0.4 is 0 Å². The zero-order valence-corrected chi connectivity index (χ0v) is 9.48. The van der Waals surface area contributed by atoms with Gasteiger partial charge in [-0.2, -0.15) is 0 Å². The SMILES string of the molecule is O=C1CCCC[C@]1(Cl)C1CCCCC1. The van der Waals surface area contributed by atoms with Gasteiger partial charge in [0.15, 0.2) is 5.78 Å². The highest BCUT2D eigenvalue weighted by Gasteiger charge is 2.44. The van der Waals surface area contributed by atoms with Crippen LogP contribution in [0.4, 0.5) is 0 Å². The first kappa shape index (κ1) is 10.5. The number of carbonyl (C=O) groups is 1. The summed E-state index contributed by atoms with van der Waals surface area (Å²) in [6, 6.07) is 0. The summed E-state index contributed by atoms with van der Waals surface area (Å²) in [6.45, 7) is 0. The van der Waals surface area contributed by atoms with Crippen LogP contribution in [-0.2, 0) is 4.79 Å². The molecule has 0 aromatic heterocycles. The third-order valence-electron chi connectivity index (χ3n) is 3.91. The Morgan fingerprint density at radius 2 is 1.79 bits per heavy atom. The molecule has 2 rings (SSSR count). The zero-order valence-electron chi connectivity index (χ0n) is 8.73. The van der Waals surface area contributed by atoms with Crippen molar-refractivity contribution in [2.24, 2.45) is 5.92 Å². The molecule has 0 aliphatic heterocycles. The van der Waals surface area contributed by atoms with E-state index in [1.54, 1.807) is 0 Å². The molecule has 0 saturated heterocycles. The number of ketones is 1. The van der Waals surface area contributed by atoms with Gasteiger partial charge < -0.3 is 0 Å². The van der Waals surface area contributed by atoms with E-state index in [9.17, 15) is 4.79 Å². The van der Waals surface area contributed by atoms with Gasteiger partial charge in [0.2, 0.25) is 0 Å². The maximum Gasteiger partial charge on any atom is 0.154 e. The van der Waals surface area contributed by atoms with Gasteiger partial charge in [-0.15, -0.1) is 11.6 Å². The van der Waals surface area contributed by atoms with E-state index < -0.39 is 4.87 Å². The van der Waals surface area contributed by atoms with E-state index in [0.29, 0.717) is 11.7 Å². The predicted octanol–water partition coefficient (Wildman–Crippen LogP) is 3.69. The molecule has 0 aromatic carbocycles. The molecule has 0 bridgehead atoms. The summed E-state index contributed by atoms with van der Waals surface area (Å²) in [5.74, 6) is 0.808.